The van der Waals surface area contributed by atoms with Crippen molar-refractivity contribution in [2.75, 3.05) is 27.3 Å². The Labute approximate surface area is 211 Å². The lowest BCUT2D eigenvalue weighted by atomic mass is 10.1. The molecule has 0 bridgehead atoms. The monoisotopic (exact) mass is 486 g/mol. The number of amides is 1. The summed E-state index contributed by atoms with van der Waals surface area (Å²) in [5.41, 5.74) is 3.57. The summed E-state index contributed by atoms with van der Waals surface area (Å²) in [6.45, 7) is 2.02. The van der Waals surface area contributed by atoms with Crippen molar-refractivity contribution in [3.8, 4) is 11.5 Å². The second kappa shape index (κ2) is 12.0. The molecule has 0 atom stereocenters. The van der Waals surface area contributed by atoms with Gasteiger partial charge in [0, 0.05) is 24.9 Å². The van der Waals surface area contributed by atoms with E-state index in [2.05, 4.69) is 4.99 Å². The van der Waals surface area contributed by atoms with Gasteiger partial charge in [-0.2, -0.15) is 0 Å². The molecule has 4 rings (SSSR count). The van der Waals surface area contributed by atoms with Crippen LogP contribution in [-0.2, 0) is 11.3 Å². The van der Waals surface area contributed by atoms with E-state index in [-0.39, 0.29) is 5.91 Å². The average molecular weight is 487 g/mol. The number of rotatable bonds is 8. The third-order valence-corrected chi connectivity index (χ3v) is 6.06. The Bertz CT molecular complexity index is 1230. The molecule has 1 saturated heterocycles. The molecule has 1 heterocycles. The largest absolute Gasteiger partial charge is 0.493 e. The predicted octanol–water partition coefficient (Wildman–Crippen LogP) is 5.44. The Kier molecular flexibility index (Phi) is 8.34. The highest BCUT2D eigenvalue weighted by atomic mass is 16.5. The number of piperidine rings is 1. The lowest BCUT2D eigenvalue weighted by Crippen LogP contribution is -2.35. The van der Waals surface area contributed by atoms with E-state index >= 15 is 0 Å². The molecule has 3 aromatic carbocycles. The van der Waals surface area contributed by atoms with Crippen molar-refractivity contribution in [3.63, 3.8) is 0 Å². The first kappa shape index (κ1) is 25.0. The number of methoxy groups -OCH3 is 2. The molecular formula is C29H30N2O5. The summed E-state index contributed by atoms with van der Waals surface area (Å²) in [4.78, 5) is 30.8. The van der Waals surface area contributed by atoms with Crippen molar-refractivity contribution >= 4 is 23.8 Å². The second-order valence-corrected chi connectivity index (χ2v) is 8.55. The minimum atomic E-state index is -0.404. The van der Waals surface area contributed by atoms with Crippen LogP contribution in [0.25, 0.3) is 0 Å². The molecule has 0 unspecified atom stereocenters. The van der Waals surface area contributed by atoms with Crippen molar-refractivity contribution in [3.05, 3.63) is 89.0 Å². The van der Waals surface area contributed by atoms with Crippen molar-refractivity contribution in [2.24, 2.45) is 4.99 Å². The third kappa shape index (κ3) is 6.30. The van der Waals surface area contributed by atoms with Crippen LogP contribution in [0.5, 0.6) is 11.5 Å². The van der Waals surface area contributed by atoms with Crippen LogP contribution in [0.15, 0.2) is 71.7 Å². The minimum absolute atomic E-state index is 0.0955. The van der Waals surface area contributed by atoms with Gasteiger partial charge in [0.2, 0.25) is 0 Å². The normalized spacial score (nSPS) is 13.4. The zero-order chi connectivity index (χ0) is 25.3. The summed E-state index contributed by atoms with van der Waals surface area (Å²) in [5, 5.41) is 0. The number of carbonyl (C=O) groups excluding carboxylic acids is 2. The van der Waals surface area contributed by atoms with Gasteiger partial charge in [0.05, 0.1) is 25.5 Å². The molecule has 1 amide bonds. The number of hydrogen-bond acceptors (Lipinski definition) is 6. The average Bonchev–Trinajstić information content (AvgIpc) is 2.95. The van der Waals surface area contributed by atoms with E-state index in [1.807, 2.05) is 53.4 Å². The van der Waals surface area contributed by atoms with Gasteiger partial charge in [0.25, 0.3) is 5.91 Å². The number of ether oxygens (including phenoxy) is 3. The van der Waals surface area contributed by atoms with E-state index < -0.39 is 5.97 Å². The number of likely N-dealkylation sites (tertiary alicyclic amines) is 1. The van der Waals surface area contributed by atoms with E-state index in [0.29, 0.717) is 34.9 Å². The lowest BCUT2D eigenvalue weighted by Gasteiger charge is -2.26. The van der Waals surface area contributed by atoms with Crippen molar-refractivity contribution < 1.29 is 23.8 Å². The fraction of sp³-hybridized carbons (Fsp3) is 0.276. The van der Waals surface area contributed by atoms with Crippen LogP contribution in [0, 0.1) is 0 Å². The Morgan fingerprint density at radius 1 is 0.889 bits per heavy atom. The molecule has 7 nitrogen and oxygen atoms in total. The molecular weight excluding hydrogens is 456 g/mol. The van der Waals surface area contributed by atoms with E-state index in [0.717, 1.165) is 37.1 Å². The first-order chi connectivity index (χ1) is 17.6. The van der Waals surface area contributed by atoms with Gasteiger partial charge in [-0.05, 0) is 78.9 Å². The van der Waals surface area contributed by atoms with Crippen LogP contribution < -0.4 is 9.47 Å². The Morgan fingerprint density at radius 2 is 1.67 bits per heavy atom. The molecule has 36 heavy (non-hydrogen) atoms. The topological polar surface area (TPSA) is 77.4 Å². The van der Waals surface area contributed by atoms with Crippen LogP contribution in [0.3, 0.4) is 0 Å². The standard InChI is InChI=1S/C29H30N2O5/c1-34-27-17-22(19-30-25-8-6-7-24(18-25)29(33)35-2)11-14-26(27)36-20-21-9-12-23(13-10-21)28(32)31-15-4-3-5-16-31/h6-14,17-19H,3-5,15-16,20H2,1-2H3. The molecule has 0 aliphatic carbocycles. The molecule has 0 N–H and O–H groups in total. The highest BCUT2D eigenvalue weighted by Crippen LogP contribution is 2.29. The summed E-state index contributed by atoms with van der Waals surface area (Å²) in [7, 11) is 2.94. The Morgan fingerprint density at radius 3 is 2.39 bits per heavy atom. The maximum Gasteiger partial charge on any atom is 0.337 e. The summed E-state index contributed by atoms with van der Waals surface area (Å²) in [6.07, 6.45) is 5.04. The van der Waals surface area contributed by atoms with E-state index in [1.165, 1.54) is 13.5 Å². The van der Waals surface area contributed by atoms with Gasteiger partial charge in [-0.15, -0.1) is 0 Å². The number of esters is 1. The molecule has 7 heteroatoms. The Balaban J connectivity index is 1.38. The Hall–Kier alpha value is -4.13. The minimum Gasteiger partial charge on any atom is -0.493 e. The maximum absolute atomic E-state index is 12.7. The zero-order valence-corrected chi connectivity index (χ0v) is 20.6. The van der Waals surface area contributed by atoms with Gasteiger partial charge in [0.15, 0.2) is 11.5 Å². The smallest absolute Gasteiger partial charge is 0.337 e. The molecule has 1 aliphatic heterocycles. The molecule has 3 aromatic rings. The molecule has 0 aromatic heterocycles. The third-order valence-electron chi connectivity index (χ3n) is 6.06. The first-order valence-corrected chi connectivity index (χ1v) is 12.0. The van der Waals surface area contributed by atoms with Crippen LogP contribution in [-0.4, -0.2) is 50.3 Å². The second-order valence-electron chi connectivity index (χ2n) is 8.55. The van der Waals surface area contributed by atoms with Gasteiger partial charge in [-0.1, -0.05) is 18.2 Å². The molecule has 0 spiro atoms. The van der Waals surface area contributed by atoms with Crippen LogP contribution in [0.2, 0.25) is 0 Å². The maximum atomic E-state index is 12.7. The highest BCUT2D eigenvalue weighted by molar-refractivity contribution is 5.94. The quantitative estimate of drug-likeness (QED) is 0.313. The summed E-state index contributed by atoms with van der Waals surface area (Å²) >= 11 is 0. The van der Waals surface area contributed by atoms with E-state index in [9.17, 15) is 9.59 Å². The van der Waals surface area contributed by atoms with Crippen LogP contribution >= 0.6 is 0 Å². The van der Waals surface area contributed by atoms with Crippen molar-refractivity contribution in [1.29, 1.82) is 0 Å². The van der Waals surface area contributed by atoms with Gasteiger partial charge in [-0.25, -0.2) is 4.79 Å². The van der Waals surface area contributed by atoms with Gasteiger partial charge in [-0.3, -0.25) is 9.79 Å². The fourth-order valence-electron chi connectivity index (χ4n) is 4.05. The fourth-order valence-corrected chi connectivity index (χ4v) is 4.05. The summed E-state index contributed by atoms with van der Waals surface area (Å²) < 4.78 is 16.3. The zero-order valence-electron chi connectivity index (χ0n) is 20.6. The number of carbonyl (C=O) groups is 2. The molecule has 1 aliphatic rings. The summed E-state index contributed by atoms with van der Waals surface area (Å²) in [5.74, 6) is 0.881. The predicted molar refractivity (Wildman–Crippen MR) is 139 cm³/mol. The number of aliphatic imine (C=N–C) groups is 1. The van der Waals surface area contributed by atoms with Crippen LogP contribution in [0.1, 0.15) is 51.1 Å². The molecule has 1 fully saturated rings. The van der Waals surface area contributed by atoms with Gasteiger partial charge in [0.1, 0.15) is 6.61 Å². The highest BCUT2D eigenvalue weighted by Gasteiger charge is 2.18. The molecule has 186 valence electrons. The van der Waals surface area contributed by atoms with E-state index in [4.69, 9.17) is 14.2 Å². The molecule has 0 radical (unpaired) electrons. The SMILES string of the molecule is COC(=O)c1cccc(N=Cc2ccc(OCc3ccc(C(=O)N4CCCCC4)cc3)c(OC)c2)c1. The van der Waals surface area contributed by atoms with Gasteiger partial charge >= 0.3 is 5.97 Å². The van der Waals surface area contributed by atoms with Crippen molar-refractivity contribution in [1.82, 2.24) is 4.90 Å². The molecule has 0 saturated carbocycles. The number of benzene rings is 3. The lowest BCUT2D eigenvalue weighted by molar-refractivity contribution is 0.0600. The number of nitrogens with zero attached hydrogens (tertiary/aromatic N) is 2. The first-order valence-electron chi connectivity index (χ1n) is 12.0. The van der Waals surface area contributed by atoms with Crippen molar-refractivity contribution in [2.45, 2.75) is 25.9 Å². The van der Waals surface area contributed by atoms with E-state index in [1.54, 1.807) is 31.5 Å². The van der Waals surface area contributed by atoms with Gasteiger partial charge < -0.3 is 19.1 Å². The van der Waals surface area contributed by atoms with Crippen LogP contribution in [0.4, 0.5) is 5.69 Å². The number of hydrogen-bond donors (Lipinski definition) is 0. The summed E-state index contributed by atoms with van der Waals surface area (Å²) in [6, 6.07) is 20.0.